The van der Waals surface area contributed by atoms with Crippen molar-refractivity contribution in [2.45, 2.75) is 69.8 Å². The third-order valence-corrected chi connectivity index (χ3v) is 7.35. The van der Waals surface area contributed by atoms with Crippen molar-refractivity contribution >= 4 is 11.5 Å². The number of ether oxygens (including phenoxy) is 1. The van der Waals surface area contributed by atoms with Gasteiger partial charge in [0.25, 0.3) is 0 Å². The van der Waals surface area contributed by atoms with Crippen LogP contribution in [0.1, 0.15) is 56.2 Å². The number of nitrogens with one attached hydrogen (secondary N) is 1. The Morgan fingerprint density at radius 1 is 1.11 bits per heavy atom. The van der Waals surface area contributed by atoms with Crippen LogP contribution in [0.2, 0.25) is 0 Å². The molecule has 3 aromatic rings. The minimum atomic E-state index is -4.26. The Bertz CT molecular complexity index is 1180. The summed E-state index contributed by atoms with van der Waals surface area (Å²) in [6.07, 6.45) is -0.700. The van der Waals surface area contributed by atoms with E-state index in [1.165, 1.54) is 12.5 Å². The summed E-state index contributed by atoms with van der Waals surface area (Å²) in [6.45, 7) is 5.75. The number of hydrogen-bond donors (Lipinski definition) is 2. The lowest BCUT2D eigenvalue weighted by Crippen LogP contribution is -2.35. The van der Waals surface area contributed by atoms with Gasteiger partial charge in [0.1, 0.15) is 0 Å². The lowest BCUT2D eigenvalue weighted by Gasteiger charge is -2.26. The highest BCUT2D eigenvalue weighted by Gasteiger charge is 2.30. The SMILES string of the molecule is C[C@@H](CC(F)(F)F)Nc1ncc2c(-c3ccc(CN4CCOCC4)cc3)cc([C@H]3CC[C@H](O)CC3)n2n1. The number of aromatic nitrogens is 3. The summed E-state index contributed by atoms with van der Waals surface area (Å²) in [4.78, 5) is 6.74. The second-order valence-corrected chi connectivity index (χ2v) is 10.3. The standard InChI is InChI=1S/C27H34F3N5O2/c1-18(15-27(28,29)30)32-26-31-16-25-23(14-24(35(25)33-26)21-6-8-22(36)9-7-21)20-4-2-19(3-5-20)17-34-10-12-37-13-11-34/h2-5,14,16,18,21-22,36H,6-13,15,17H2,1H3,(H,32,33)/t18-,21-,22-/m0/s1. The number of morpholine rings is 1. The Labute approximate surface area is 214 Å². The maximum absolute atomic E-state index is 12.8. The lowest BCUT2D eigenvalue weighted by atomic mass is 9.85. The van der Waals surface area contributed by atoms with Crippen molar-refractivity contribution in [3.63, 3.8) is 0 Å². The third-order valence-electron chi connectivity index (χ3n) is 7.35. The van der Waals surface area contributed by atoms with Crippen LogP contribution in [0, 0.1) is 0 Å². The number of nitrogens with zero attached hydrogens (tertiary/aromatic N) is 4. The van der Waals surface area contributed by atoms with Crippen LogP contribution in [-0.2, 0) is 11.3 Å². The fourth-order valence-corrected chi connectivity index (χ4v) is 5.40. The topological polar surface area (TPSA) is 74.9 Å². The number of hydrogen-bond acceptors (Lipinski definition) is 6. The molecule has 2 aliphatic rings. The van der Waals surface area contributed by atoms with E-state index in [9.17, 15) is 18.3 Å². The lowest BCUT2D eigenvalue weighted by molar-refractivity contribution is -0.136. The van der Waals surface area contributed by atoms with E-state index in [0.29, 0.717) is 0 Å². The van der Waals surface area contributed by atoms with E-state index in [1.54, 1.807) is 6.20 Å². The number of rotatable bonds is 7. The number of halogens is 3. The monoisotopic (exact) mass is 517 g/mol. The molecule has 37 heavy (non-hydrogen) atoms. The highest BCUT2D eigenvalue weighted by atomic mass is 19.4. The molecule has 3 heterocycles. The Hall–Kier alpha value is -2.69. The fraction of sp³-hybridized carbons (Fsp3) is 0.556. The molecule has 1 atom stereocenters. The molecule has 200 valence electrons. The summed E-state index contributed by atoms with van der Waals surface area (Å²) in [5, 5.41) is 17.4. The second-order valence-electron chi connectivity index (χ2n) is 10.3. The smallest absolute Gasteiger partial charge is 0.391 e. The van der Waals surface area contributed by atoms with Crippen LogP contribution in [0.25, 0.3) is 16.6 Å². The minimum Gasteiger partial charge on any atom is -0.393 e. The normalized spacial score (nSPS) is 22.3. The number of benzene rings is 1. The molecule has 0 amide bonds. The van der Waals surface area contributed by atoms with Crippen LogP contribution in [-0.4, -0.2) is 69.2 Å². The van der Waals surface area contributed by atoms with Gasteiger partial charge in [-0.25, -0.2) is 9.50 Å². The summed E-state index contributed by atoms with van der Waals surface area (Å²) in [6, 6.07) is 9.78. The Morgan fingerprint density at radius 2 is 1.81 bits per heavy atom. The summed E-state index contributed by atoms with van der Waals surface area (Å²) < 4.78 is 45.8. The van der Waals surface area contributed by atoms with Gasteiger partial charge in [-0.2, -0.15) is 13.2 Å². The van der Waals surface area contributed by atoms with Gasteiger partial charge < -0.3 is 15.2 Å². The van der Waals surface area contributed by atoms with Crippen molar-refractivity contribution in [2.24, 2.45) is 0 Å². The van der Waals surface area contributed by atoms with Crippen molar-refractivity contribution in [1.29, 1.82) is 0 Å². The first-order chi connectivity index (χ1) is 17.7. The van der Waals surface area contributed by atoms with Crippen LogP contribution in [0.15, 0.2) is 36.5 Å². The Kier molecular flexibility index (Phi) is 7.69. The maximum atomic E-state index is 12.8. The van der Waals surface area contributed by atoms with Gasteiger partial charge in [-0.1, -0.05) is 24.3 Å². The molecule has 0 radical (unpaired) electrons. The van der Waals surface area contributed by atoms with Crippen LogP contribution in [0.3, 0.4) is 0 Å². The van der Waals surface area contributed by atoms with Crippen LogP contribution >= 0.6 is 0 Å². The molecule has 0 unspecified atom stereocenters. The zero-order valence-electron chi connectivity index (χ0n) is 21.0. The zero-order chi connectivity index (χ0) is 26.0. The van der Waals surface area contributed by atoms with E-state index in [4.69, 9.17) is 4.74 Å². The summed E-state index contributed by atoms with van der Waals surface area (Å²) in [7, 11) is 0. The number of aliphatic hydroxyl groups excluding tert-OH is 1. The molecule has 2 N–H and O–H groups in total. The van der Waals surface area contributed by atoms with E-state index >= 15 is 0 Å². The molecule has 1 aliphatic carbocycles. The third kappa shape index (κ3) is 6.42. The minimum absolute atomic E-state index is 0.171. The van der Waals surface area contributed by atoms with Crippen molar-refractivity contribution in [1.82, 2.24) is 19.5 Å². The van der Waals surface area contributed by atoms with Crippen molar-refractivity contribution in [3.8, 4) is 11.1 Å². The molecule has 1 aliphatic heterocycles. The van der Waals surface area contributed by atoms with E-state index < -0.39 is 18.6 Å². The molecule has 2 aromatic heterocycles. The van der Waals surface area contributed by atoms with Gasteiger partial charge in [0.2, 0.25) is 5.95 Å². The highest BCUT2D eigenvalue weighted by molar-refractivity contribution is 5.81. The van der Waals surface area contributed by atoms with Crippen LogP contribution in [0.5, 0.6) is 0 Å². The molecule has 1 aromatic carbocycles. The molecule has 0 bridgehead atoms. The van der Waals surface area contributed by atoms with Gasteiger partial charge in [-0.05, 0) is 49.8 Å². The molecular formula is C27H34F3N5O2. The molecule has 1 saturated carbocycles. The molecule has 10 heteroatoms. The van der Waals surface area contributed by atoms with Gasteiger partial charge >= 0.3 is 6.18 Å². The van der Waals surface area contributed by atoms with Crippen molar-refractivity contribution in [3.05, 3.63) is 47.8 Å². The van der Waals surface area contributed by atoms with E-state index in [1.807, 2.05) is 4.52 Å². The number of alkyl halides is 3. The maximum Gasteiger partial charge on any atom is 0.391 e. The predicted octanol–water partition coefficient (Wildman–Crippen LogP) is 5.00. The van der Waals surface area contributed by atoms with E-state index in [-0.39, 0.29) is 18.0 Å². The molecular weight excluding hydrogens is 483 g/mol. The summed E-state index contributed by atoms with van der Waals surface area (Å²) in [5.74, 6) is 0.380. The molecule has 1 saturated heterocycles. The Balaban J connectivity index is 1.44. The largest absolute Gasteiger partial charge is 0.393 e. The fourth-order valence-electron chi connectivity index (χ4n) is 5.40. The Morgan fingerprint density at radius 3 is 2.49 bits per heavy atom. The number of fused-ring (bicyclic) bond motifs is 1. The summed E-state index contributed by atoms with van der Waals surface area (Å²) >= 11 is 0. The number of aliphatic hydroxyl groups is 1. The van der Waals surface area contributed by atoms with Gasteiger partial charge in [-0.3, -0.25) is 4.90 Å². The first-order valence-electron chi connectivity index (χ1n) is 13.0. The number of anilines is 1. The second kappa shape index (κ2) is 11.0. The first-order valence-corrected chi connectivity index (χ1v) is 13.0. The average Bonchev–Trinajstić information content (AvgIpc) is 3.23. The molecule has 2 fully saturated rings. The van der Waals surface area contributed by atoms with Gasteiger partial charge in [0, 0.05) is 42.9 Å². The molecule has 7 nitrogen and oxygen atoms in total. The predicted molar refractivity (Wildman–Crippen MR) is 135 cm³/mol. The van der Waals surface area contributed by atoms with Crippen molar-refractivity contribution < 1.29 is 23.0 Å². The van der Waals surface area contributed by atoms with Gasteiger partial charge in [0.15, 0.2) is 0 Å². The van der Waals surface area contributed by atoms with E-state index in [2.05, 4.69) is 50.6 Å². The average molecular weight is 518 g/mol. The highest BCUT2D eigenvalue weighted by Crippen LogP contribution is 2.38. The summed E-state index contributed by atoms with van der Waals surface area (Å²) in [5.41, 5.74) is 5.09. The van der Waals surface area contributed by atoms with Crippen LogP contribution in [0.4, 0.5) is 19.1 Å². The quantitative estimate of drug-likeness (QED) is 0.460. The van der Waals surface area contributed by atoms with E-state index in [0.717, 1.165) is 80.9 Å². The van der Waals surface area contributed by atoms with Gasteiger partial charge in [0.05, 0.1) is 37.5 Å². The molecule has 5 rings (SSSR count). The first kappa shape index (κ1) is 25.9. The molecule has 0 spiro atoms. The van der Waals surface area contributed by atoms with Crippen molar-refractivity contribution in [2.75, 3.05) is 31.6 Å². The van der Waals surface area contributed by atoms with Gasteiger partial charge in [-0.15, -0.1) is 5.10 Å². The van der Waals surface area contributed by atoms with Crippen LogP contribution < -0.4 is 5.32 Å². The zero-order valence-corrected chi connectivity index (χ0v) is 21.0.